The molecule has 0 fully saturated rings. The minimum Gasteiger partial charge on any atom is -0.364 e. The molecule has 1 rings (SSSR count). The second kappa shape index (κ2) is 2.43. The third-order valence-corrected chi connectivity index (χ3v) is 1.04. The molecule has 1 aromatic heterocycles. The van der Waals surface area contributed by atoms with E-state index in [9.17, 15) is 4.79 Å². The van der Waals surface area contributed by atoms with Crippen LogP contribution in [-0.2, 0) is 0 Å². The summed E-state index contributed by atoms with van der Waals surface area (Å²) in [5.41, 5.74) is 6.03. The average molecular weight is 137 g/mol. The lowest BCUT2D eigenvalue weighted by atomic mass is 10.3. The van der Waals surface area contributed by atoms with Gasteiger partial charge in [0.15, 0.2) is 5.69 Å². The zero-order chi connectivity index (χ0) is 7.56. The molecule has 0 spiro atoms. The highest BCUT2D eigenvalue weighted by atomic mass is 16.1. The minimum absolute atomic E-state index is 0.208. The average Bonchev–Trinajstić information content (AvgIpc) is 1.88. The van der Waals surface area contributed by atoms with Gasteiger partial charge in [-0.2, -0.15) is 5.10 Å². The Morgan fingerprint density at radius 3 is 2.80 bits per heavy atom. The van der Waals surface area contributed by atoms with Crippen LogP contribution in [0.1, 0.15) is 16.1 Å². The molecule has 0 bridgehead atoms. The molecular formula is C6H7N3O. The number of aryl methyl sites for hydroxylation is 1. The highest BCUT2D eigenvalue weighted by molar-refractivity contribution is 5.90. The van der Waals surface area contributed by atoms with E-state index in [4.69, 9.17) is 5.73 Å². The number of carbonyl (C=O) groups is 1. The molecule has 0 atom stereocenters. The summed E-state index contributed by atoms with van der Waals surface area (Å²) < 4.78 is 0. The molecule has 0 unspecified atom stereocenters. The van der Waals surface area contributed by atoms with Crippen molar-refractivity contribution >= 4 is 5.91 Å². The first-order chi connectivity index (χ1) is 4.70. The van der Waals surface area contributed by atoms with Gasteiger partial charge in [-0.1, -0.05) is 0 Å². The SMILES string of the molecule is Cc1cnnc(C(N)=O)c1. The second-order valence-electron chi connectivity index (χ2n) is 1.98. The van der Waals surface area contributed by atoms with Crippen LogP contribution in [0.2, 0.25) is 0 Å². The van der Waals surface area contributed by atoms with Gasteiger partial charge in [-0.05, 0) is 18.6 Å². The van der Waals surface area contributed by atoms with E-state index < -0.39 is 5.91 Å². The van der Waals surface area contributed by atoms with Crippen LogP contribution in [0.4, 0.5) is 0 Å². The monoisotopic (exact) mass is 137 g/mol. The van der Waals surface area contributed by atoms with Crippen molar-refractivity contribution in [2.75, 3.05) is 0 Å². The largest absolute Gasteiger partial charge is 0.364 e. The van der Waals surface area contributed by atoms with Crippen LogP contribution in [0.15, 0.2) is 12.3 Å². The lowest BCUT2D eigenvalue weighted by molar-refractivity contribution is 0.0994. The molecular weight excluding hydrogens is 130 g/mol. The van der Waals surface area contributed by atoms with Crippen LogP contribution in [0.25, 0.3) is 0 Å². The van der Waals surface area contributed by atoms with Crippen molar-refractivity contribution in [1.29, 1.82) is 0 Å². The third kappa shape index (κ3) is 1.28. The fourth-order valence-electron chi connectivity index (χ4n) is 0.584. The normalized spacial score (nSPS) is 9.30. The summed E-state index contributed by atoms with van der Waals surface area (Å²) in [6.45, 7) is 1.82. The first kappa shape index (κ1) is 6.67. The predicted molar refractivity (Wildman–Crippen MR) is 35.3 cm³/mol. The second-order valence-corrected chi connectivity index (χ2v) is 1.98. The summed E-state index contributed by atoms with van der Waals surface area (Å²) >= 11 is 0. The van der Waals surface area contributed by atoms with Gasteiger partial charge in [0.05, 0.1) is 6.20 Å². The van der Waals surface area contributed by atoms with Crippen LogP contribution in [0.3, 0.4) is 0 Å². The molecule has 0 radical (unpaired) electrons. The van der Waals surface area contributed by atoms with Crippen LogP contribution in [0.5, 0.6) is 0 Å². The maximum absolute atomic E-state index is 10.5. The number of primary amides is 1. The van der Waals surface area contributed by atoms with Gasteiger partial charge in [0.2, 0.25) is 0 Å². The van der Waals surface area contributed by atoms with E-state index in [2.05, 4.69) is 10.2 Å². The van der Waals surface area contributed by atoms with E-state index in [0.29, 0.717) is 0 Å². The van der Waals surface area contributed by atoms with Crippen molar-refractivity contribution in [3.05, 3.63) is 23.5 Å². The molecule has 0 aliphatic heterocycles. The molecule has 10 heavy (non-hydrogen) atoms. The van der Waals surface area contributed by atoms with Gasteiger partial charge in [0, 0.05) is 0 Å². The number of amides is 1. The quantitative estimate of drug-likeness (QED) is 0.586. The Kier molecular flexibility index (Phi) is 1.62. The molecule has 0 aliphatic rings. The molecule has 1 heterocycles. The highest BCUT2D eigenvalue weighted by Crippen LogP contribution is 1.94. The van der Waals surface area contributed by atoms with Gasteiger partial charge in [-0.25, -0.2) is 0 Å². The van der Waals surface area contributed by atoms with Crippen molar-refractivity contribution in [2.45, 2.75) is 6.92 Å². The standard InChI is InChI=1S/C6H7N3O/c1-4-2-5(6(7)10)9-8-3-4/h2-3H,1H3,(H2,7,10). The maximum Gasteiger partial charge on any atom is 0.269 e. The molecule has 0 saturated heterocycles. The number of hydrogen-bond acceptors (Lipinski definition) is 3. The summed E-state index contributed by atoms with van der Waals surface area (Å²) in [7, 11) is 0. The summed E-state index contributed by atoms with van der Waals surface area (Å²) in [5, 5.41) is 7.07. The molecule has 0 saturated carbocycles. The van der Waals surface area contributed by atoms with E-state index in [1.165, 1.54) is 0 Å². The Morgan fingerprint density at radius 1 is 1.70 bits per heavy atom. The Balaban J connectivity index is 3.07. The van der Waals surface area contributed by atoms with Crippen molar-refractivity contribution in [1.82, 2.24) is 10.2 Å². The topological polar surface area (TPSA) is 68.9 Å². The van der Waals surface area contributed by atoms with Crippen LogP contribution < -0.4 is 5.73 Å². The molecule has 4 nitrogen and oxygen atoms in total. The molecule has 0 aromatic carbocycles. The van der Waals surface area contributed by atoms with E-state index in [-0.39, 0.29) is 5.69 Å². The smallest absolute Gasteiger partial charge is 0.269 e. The van der Waals surface area contributed by atoms with Gasteiger partial charge in [-0.15, -0.1) is 5.10 Å². The van der Waals surface area contributed by atoms with E-state index >= 15 is 0 Å². The van der Waals surface area contributed by atoms with E-state index in [0.717, 1.165) is 5.56 Å². The molecule has 0 aliphatic carbocycles. The van der Waals surface area contributed by atoms with Gasteiger partial charge < -0.3 is 5.73 Å². The van der Waals surface area contributed by atoms with Gasteiger partial charge in [0.1, 0.15) is 0 Å². The Bertz CT molecular complexity index is 259. The number of nitrogens with zero attached hydrogens (tertiary/aromatic N) is 2. The van der Waals surface area contributed by atoms with Crippen LogP contribution in [0, 0.1) is 6.92 Å². The van der Waals surface area contributed by atoms with E-state index in [1.54, 1.807) is 12.3 Å². The highest BCUT2D eigenvalue weighted by Gasteiger charge is 2.00. The Labute approximate surface area is 58.1 Å². The lowest BCUT2D eigenvalue weighted by Crippen LogP contribution is -2.13. The summed E-state index contributed by atoms with van der Waals surface area (Å²) in [4.78, 5) is 10.5. The Hall–Kier alpha value is -1.45. The number of rotatable bonds is 1. The van der Waals surface area contributed by atoms with Crippen molar-refractivity contribution in [3.8, 4) is 0 Å². The van der Waals surface area contributed by atoms with Crippen LogP contribution in [-0.4, -0.2) is 16.1 Å². The fourth-order valence-corrected chi connectivity index (χ4v) is 0.584. The molecule has 52 valence electrons. The maximum atomic E-state index is 10.5. The van der Waals surface area contributed by atoms with E-state index in [1.807, 2.05) is 6.92 Å². The number of nitrogens with two attached hydrogens (primary N) is 1. The molecule has 4 heteroatoms. The number of hydrogen-bond donors (Lipinski definition) is 1. The zero-order valence-electron chi connectivity index (χ0n) is 5.53. The minimum atomic E-state index is -0.545. The third-order valence-electron chi connectivity index (χ3n) is 1.04. The van der Waals surface area contributed by atoms with Crippen molar-refractivity contribution in [3.63, 3.8) is 0 Å². The van der Waals surface area contributed by atoms with Crippen molar-refractivity contribution < 1.29 is 4.79 Å². The van der Waals surface area contributed by atoms with Gasteiger partial charge in [-0.3, -0.25) is 4.79 Å². The van der Waals surface area contributed by atoms with Crippen molar-refractivity contribution in [2.24, 2.45) is 5.73 Å². The number of aromatic nitrogens is 2. The first-order valence-corrected chi connectivity index (χ1v) is 2.79. The molecule has 1 aromatic rings. The lowest BCUT2D eigenvalue weighted by Gasteiger charge is -1.92. The summed E-state index contributed by atoms with van der Waals surface area (Å²) in [6.07, 6.45) is 1.56. The van der Waals surface area contributed by atoms with Crippen LogP contribution >= 0.6 is 0 Å². The fraction of sp³-hybridized carbons (Fsp3) is 0.167. The summed E-state index contributed by atoms with van der Waals surface area (Å²) in [5.74, 6) is -0.545. The Morgan fingerprint density at radius 2 is 2.40 bits per heavy atom. The summed E-state index contributed by atoms with van der Waals surface area (Å²) in [6, 6.07) is 1.59. The van der Waals surface area contributed by atoms with Gasteiger partial charge in [0.25, 0.3) is 5.91 Å². The zero-order valence-corrected chi connectivity index (χ0v) is 5.53. The van der Waals surface area contributed by atoms with Gasteiger partial charge >= 0.3 is 0 Å². The predicted octanol–water partition coefficient (Wildman–Crippen LogP) is -0.116. The molecule has 1 amide bonds. The molecule has 2 N–H and O–H groups in total. The first-order valence-electron chi connectivity index (χ1n) is 2.79. The number of carbonyl (C=O) groups excluding carboxylic acids is 1.